The second-order valence-corrected chi connectivity index (χ2v) is 24.1. The molecule has 2 aromatic rings. The molecule has 9 atom stereocenters. The molecule has 83 heavy (non-hydrogen) atoms. The normalized spacial score (nSPS) is 24.2. The quantitative estimate of drug-likeness (QED) is 0.0554. The van der Waals surface area contributed by atoms with Crippen LogP contribution in [0.3, 0.4) is 0 Å². The van der Waals surface area contributed by atoms with Crippen LogP contribution in [-0.2, 0) is 70.1 Å². The molecule has 2 saturated carbocycles. The molecule has 8 rings (SSSR count). The summed E-state index contributed by atoms with van der Waals surface area (Å²) in [4.78, 5) is 114. The number of carbonyl (C=O) groups is 8. The molecule has 6 amide bonds. The van der Waals surface area contributed by atoms with E-state index in [4.69, 9.17) is 28.4 Å². The number of phenolic OH excluding ortho intramolecular Hbond substituents is 1. The van der Waals surface area contributed by atoms with Gasteiger partial charge in [0.1, 0.15) is 35.5 Å². The summed E-state index contributed by atoms with van der Waals surface area (Å²) in [6.45, 7) is 7.11. The van der Waals surface area contributed by atoms with E-state index in [0.29, 0.717) is 43.9 Å². The Morgan fingerprint density at radius 1 is 0.627 bits per heavy atom. The van der Waals surface area contributed by atoms with Crippen molar-refractivity contribution in [2.45, 2.75) is 177 Å². The van der Waals surface area contributed by atoms with Crippen LogP contribution in [0, 0.1) is 17.8 Å². The molecule has 0 bridgehead atoms. The number of epoxide rings is 2. The summed E-state index contributed by atoms with van der Waals surface area (Å²) >= 11 is 0. The minimum absolute atomic E-state index is 0.0488. The Labute approximate surface area is 486 Å². The molecule has 0 radical (unpaired) electrons. The summed E-state index contributed by atoms with van der Waals surface area (Å²) in [5.74, 6) is -2.31. The van der Waals surface area contributed by atoms with E-state index in [-0.39, 0.29) is 105 Å². The van der Waals surface area contributed by atoms with Gasteiger partial charge in [-0.05, 0) is 99.6 Å². The van der Waals surface area contributed by atoms with Crippen LogP contribution in [0.25, 0.3) is 0 Å². The number of nitrogens with zero attached hydrogens (tertiary/aromatic N) is 1. The minimum atomic E-state index is -1.27. The van der Waals surface area contributed by atoms with E-state index in [1.807, 2.05) is 4.90 Å². The number of nitrogens with one attached hydrogen (secondary N) is 6. The third-order valence-electron chi connectivity index (χ3n) is 17.4. The predicted molar refractivity (Wildman–Crippen MR) is 303 cm³/mol. The molecule has 0 aromatic heterocycles. The fourth-order valence-corrected chi connectivity index (χ4v) is 12.2. The number of carbonyl (C=O) groups excluding carboxylic acids is 8. The van der Waals surface area contributed by atoms with E-state index >= 15 is 0 Å². The van der Waals surface area contributed by atoms with Gasteiger partial charge in [0.15, 0.2) is 28.7 Å². The topological polar surface area (TPSA) is 294 Å². The lowest BCUT2D eigenvalue weighted by Gasteiger charge is -2.34. The number of ketones is 2. The summed E-state index contributed by atoms with van der Waals surface area (Å²) in [7, 11) is 2.97. The first-order chi connectivity index (χ1) is 39.8. The van der Waals surface area contributed by atoms with Gasteiger partial charge >= 0.3 is 0 Å². The first-order valence-electron chi connectivity index (χ1n) is 29.9. The minimum Gasteiger partial charge on any atom is -0.504 e. The molecule has 0 spiro atoms. The molecule has 456 valence electrons. The Hall–Kier alpha value is -6.20. The summed E-state index contributed by atoms with van der Waals surface area (Å²) in [5, 5.41) is 27.8. The van der Waals surface area contributed by atoms with Gasteiger partial charge < -0.3 is 65.4 Å². The maximum atomic E-state index is 14.9. The molecule has 22 nitrogen and oxygen atoms in total. The van der Waals surface area contributed by atoms with Crippen molar-refractivity contribution in [3.8, 4) is 17.2 Å². The maximum absolute atomic E-state index is 14.9. The van der Waals surface area contributed by atoms with Gasteiger partial charge in [0, 0.05) is 52.0 Å². The zero-order valence-electron chi connectivity index (χ0n) is 48.9. The molecule has 4 aliphatic heterocycles. The van der Waals surface area contributed by atoms with Crippen LogP contribution in [0.2, 0.25) is 0 Å². The van der Waals surface area contributed by atoms with Crippen LogP contribution in [0.1, 0.15) is 122 Å². The van der Waals surface area contributed by atoms with Gasteiger partial charge in [-0.25, -0.2) is 0 Å². The van der Waals surface area contributed by atoms with Crippen molar-refractivity contribution in [3.63, 3.8) is 0 Å². The van der Waals surface area contributed by atoms with Crippen molar-refractivity contribution < 1.29 is 71.9 Å². The molecule has 4 heterocycles. The van der Waals surface area contributed by atoms with Crippen LogP contribution in [0.4, 0.5) is 0 Å². The lowest BCUT2D eigenvalue weighted by Crippen LogP contribution is -2.58. The fourth-order valence-electron chi connectivity index (χ4n) is 12.2. The molecule has 22 heteroatoms. The Morgan fingerprint density at radius 2 is 1.16 bits per heavy atom. The molecule has 2 aromatic carbocycles. The number of methoxy groups -OCH3 is 2. The highest BCUT2D eigenvalue weighted by molar-refractivity contribution is 6.00. The van der Waals surface area contributed by atoms with Crippen LogP contribution >= 0.6 is 0 Å². The van der Waals surface area contributed by atoms with Gasteiger partial charge in [-0.1, -0.05) is 69.6 Å². The first-order valence-corrected chi connectivity index (χ1v) is 29.9. The second-order valence-electron chi connectivity index (χ2n) is 24.1. The molecular formula is C61H87N7O15. The SMILES string of the molecule is COc1ccc(CC(NC(=O)C(C)NC(=O)CC2CCOCC2)C(=O)NC(CC2CCCC2)C(=O)C2(CC3CN(CC(=O)NC(C)C(=O)NC(Cc4ccc(OC)c(O)c4)C(=O)NC(CC4CCCC4)C(=O)C4(C)CO4)CCO3)CO2)cc1. The molecule has 7 N–H and O–H groups in total. The number of amides is 6. The Balaban J connectivity index is 0.881. The largest absolute Gasteiger partial charge is 0.504 e. The average molecular weight is 1160 g/mol. The average Bonchev–Trinajstić information content (AvgIpc) is 4.35. The molecule has 9 unspecified atom stereocenters. The molecular weight excluding hydrogens is 1070 g/mol. The molecule has 2 aliphatic carbocycles. The van der Waals surface area contributed by atoms with Gasteiger partial charge in [-0.3, -0.25) is 43.3 Å². The smallest absolute Gasteiger partial charge is 0.243 e. The highest BCUT2D eigenvalue weighted by Gasteiger charge is 2.56. The van der Waals surface area contributed by atoms with Gasteiger partial charge in [-0.15, -0.1) is 0 Å². The van der Waals surface area contributed by atoms with Crippen molar-refractivity contribution in [1.82, 2.24) is 36.8 Å². The van der Waals surface area contributed by atoms with E-state index in [0.717, 1.165) is 69.8 Å². The van der Waals surface area contributed by atoms with Crippen molar-refractivity contribution in [2.75, 3.05) is 66.9 Å². The summed E-state index contributed by atoms with van der Waals surface area (Å²) in [6.07, 6.45) is 10.1. The lowest BCUT2D eigenvalue weighted by molar-refractivity contribution is -0.136. The van der Waals surface area contributed by atoms with Gasteiger partial charge in [-0.2, -0.15) is 0 Å². The third kappa shape index (κ3) is 17.9. The third-order valence-corrected chi connectivity index (χ3v) is 17.4. The Bertz CT molecular complexity index is 2590. The monoisotopic (exact) mass is 1160 g/mol. The fraction of sp³-hybridized carbons (Fsp3) is 0.672. The number of Topliss-reactive ketones (excluding diaryl/α,β-unsaturated/α-hetero) is 2. The zero-order valence-corrected chi connectivity index (χ0v) is 48.9. The second kappa shape index (κ2) is 29.1. The maximum Gasteiger partial charge on any atom is 0.243 e. The summed E-state index contributed by atoms with van der Waals surface area (Å²) in [6, 6.07) is 5.64. The molecule has 4 saturated heterocycles. The van der Waals surface area contributed by atoms with Gasteiger partial charge in [0.25, 0.3) is 0 Å². The number of morpholine rings is 1. The van der Waals surface area contributed by atoms with Crippen molar-refractivity contribution in [2.24, 2.45) is 17.8 Å². The van der Waals surface area contributed by atoms with Crippen LogP contribution < -0.4 is 41.4 Å². The van der Waals surface area contributed by atoms with Crippen LogP contribution in [0.15, 0.2) is 42.5 Å². The number of rotatable bonds is 30. The Morgan fingerprint density at radius 3 is 1.69 bits per heavy atom. The zero-order chi connectivity index (χ0) is 59.3. The van der Waals surface area contributed by atoms with E-state index in [9.17, 15) is 43.5 Å². The number of phenols is 1. The van der Waals surface area contributed by atoms with Crippen LogP contribution in [0.5, 0.6) is 17.2 Å². The standard InChI is InChI=1S/C61H87N7O15/c1-37(62-52(70)31-42-20-23-80-24-21-42)56(74)66-48(28-41-14-17-44(78-4)18-15-41)58(76)65-47(27-40-12-8-9-13-40)55(73)61(36-83-61)32-45-33-68(22-25-81-45)34-53(71)63-38(2)57(75)67-49(29-43-16-19-51(79-5)50(69)30-43)59(77)64-46(26-39-10-6-7-11-39)54(72)60(3)35-82-60/h14-19,30,37-40,42,45-49,69H,6-13,20-29,31-36H2,1-5H3,(H,62,70)(H,63,71)(H,64,77)(H,65,76)(H,66,74)(H,67,75). The van der Waals surface area contributed by atoms with Crippen molar-refractivity contribution in [1.29, 1.82) is 0 Å². The van der Waals surface area contributed by atoms with Crippen LogP contribution in [-0.4, -0.2) is 177 Å². The highest BCUT2D eigenvalue weighted by Crippen LogP contribution is 2.39. The highest BCUT2D eigenvalue weighted by atomic mass is 16.6. The lowest BCUT2D eigenvalue weighted by atomic mass is 9.87. The van der Waals surface area contributed by atoms with E-state index in [1.54, 1.807) is 57.4 Å². The number of hydrogen-bond acceptors (Lipinski definition) is 16. The predicted octanol–water partition coefficient (Wildman–Crippen LogP) is 2.91. The number of benzene rings is 2. The number of ether oxygens (including phenoxy) is 6. The van der Waals surface area contributed by atoms with Crippen molar-refractivity contribution >= 4 is 47.0 Å². The summed E-state index contributed by atoms with van der Waals surface area (Å²) < 4.78 is 33.7. The Kier molecular flexibility index (Phi) is 22.0. The van der Waals surface area contributed by atoms with E-state index in [1.165, 1.54) is 20.1 Å². The van der Waals surface area contributed by atoms with Gasteiger partial charge in [0.2, 0.25) is 35.4 Å². The molecule has 6 aliphatic rings. The van der Waals surface area contributed by atoms with E-state index in [2.05, 4.69) is 31.9 Å². The summed E-state index contributed by atoms with van der Waals surface area (Å²) in [5.41, 5.74) is -1.01. The van der Waals surface area contributed by atoms with Gasteiger partial charge in [0.05, 0.1) is 58.8 Å². The number of aromatic hydroxyl groups is 1. The first kappa shape index (κ1) is 62.8. The number of hydrogen-bond donors (Lipinski definition) is 7. The molecule has 6 fully saturated rings. The van der Waals surface area contributed by atoms with E-state index < -0.39 is 83.1 Å². The van der Waals surface area contributed by atoms with Crippen molar-refractivity contribution in [3.05, 3.63) is 53.6 Å².